The molecule has 0 unspecified atom stereocenters. The highest BCUT2D eigenvalue weighted by Gasteiger charge is 2.26. The van der Waals surface area contributed by atoms with Crippen molar-refractivity contribution in [1.29, 1.82) is 0 Å². The Morgan fingerprint density at radius 2 is 1.85 bits per heavy atom. The van der Waals surface area contributed by atoms with Crippen molar-refractivity contribution in [3.63, 3.8) is 0 Å². The molecule has 1 aromatic carbocycles. The van der Waals surface area contributed by atoms with Crippen molar-refractivity contribution in [2.45, 2.75) is 77.6 Å². The Balaban J connectivity index is 1.68. The van der Waals surface area contributed by atoms with E-state index in [4.69, 9.17) is 5.10 Å². The number of benzene rings is 1. The second-order valence-electron chi connectivity index (χ2n) is 10.4. The first kappa shape index (κ1) is 23.4. The number of rotatable bonds is 5. The van der Waals surface area contributed by atoms with Crippen molar-refractivity contribution in [2.24, 2.45) is 5.92 Å². The molecule has 1 fully saturated rings. The van der Waals surface area contributed by atoms with Crippen LogP contribution in [0.4, 0.5) is 10.1 Å². The standard InChI is InChI=1S/C26H33FN4O2/c1-16-9-11-18(12-10-16)31-15-17-13-22(19(26(4,5)33)14-21(17)30-31)29-24(32)20-7-6-8-23(28-20)25(2,3)27/h6-8,13-16,18,33H,9-12H2,1-5H3,(H,29,32)/t16-,18-. The molecular formula is C26H33FN4O2. The van der Waals surface area contributed by atoms with E-state index in [9.17, 15) is 14.3 Å². The summed E-state index contributed by atoms with van der Waals surface area (Å²) in [6.45, 7) is 8.45. The number of fused-ring (bicyclic) bond motifs is 1. The zero-order chi connectivity index (χ0) is 24.0. The smallest absolute Gasteiger partial charge is 0.274 e. The van der Waals surface area contributed by atoms with Gasteiger partial charge in [0, 0.05) is 22.8 Å². The van der Waals surface area contributed by atoms with Crippen LogP contribution in [0.2, 0.25) is 0 Å². The summed E-state index contributed by atoms with van der Waals surface area (Å²) in [5.74, 6) is 0.296. The van der Waals surface area contributed by atoms with Crippen molar-refractivity contribution in [3.05, 3.63) is 53.5 Å². The average Bonchev–Trinajstić information content (AvgIpc) is 3.15. The van der Waals surface area contributed by atoms with Gasteiger partial charge in [0.1, 0.15) is 11.4 Å². The molecule has 0 aliphatic heterocycles. The summed E-state index contributed by atoms with van der Waals surface area (Å²) in [4.78, 5) is 17.2. The Labute approximate surface area is 194 Å². The largest absolute Gasteiger partial charge is 0.386 e. The molecule has 1 aliphatic carbocycles. The van der Waals surface area contributed by atoms with Gasteiger partial charge in [-0.3, -0.25) is 9.48 Å². The van der Waals surface area contributed by atoms with Crippen molar-refractivity contribution in [3.8, 4) is 0 Å². The topological polar surface area (TPSA) is 80.0 Å². The van der Waals surface area contributed by atoms with E-state index in [1.165, 1.54) is 26.7 Å². The fraction of sp³-hybridized carbons (Fsp3) is 0.500. The summed E-state index contributed by atoms with van der Waals surface area (Å²) in [5.41, 5.74) is -0.710. The van der Waals surface area contributed by atoms with Gasteiger partial charge < -0.3 is 10.4 Å². The van der Waals surface area contributed by atoms with E-state index >= 15 is 0 Å². The molecule has 176 valence electrons. The van der Waals surface area contributed by atoms with Gasteiger partial charge in [-0.25, -0.2) is 9.37 Å². The Hall–Kier alpha value is -2.80. The highest BCUT2D eigenvalue weighted by molar-refractivity contribution is 6.04. The van der Waals surface area contributed by atoms with Crippen molar-refractivity contribution in [2.75, 3.05) is 5.32 Å². The number of amides is 1. The first-order chi connectivity index (χ1) is 15.4. The molecule has 2 N–H and O–H groups in total. The first-order valence-electron chi connectivity index (χ1n) is 11.7. The van der Waals surface area contributed by atoms with E-state index in [2.05, 4.69) is 17.2 Å². The molecule has 2 heterocycles. The summed E-state index contributed by atoms with van der Waals surface area (Å²) in [7, 11) is 0. The number of hydrogen-bond acceptors (Lipinski definition) is 4. The Bertz CT molecular complexity index is 1170. The molecule has 0 spiro atoms. The molecule has 6 nitrogen and oxygen atoms in total. The maximum Gasteiger partial charge on any atom is 0.274 e. The van der Waals surface area contributed by atoms with Crippen molar-refractivity contribution < 1.29 is 14.3 Å². The number of aromatic nitrogens is 3. The summed E-state index contributed by atoms with van der Waals surface area (Å²) < 4.78 is 16.4. The van der Waals surface area contributed by atoms with Gasteiger partial charge in [0.2, 0.25) is 0 Å². The minimum atomic E-state index is -1.65. The summed E-state index contributed by atoms with van der Waals surface area (Å²) in [6, 6.07) is 8.78. The van der Waals surface area contributed by atoms with Crippen LogP contribution in [-0.2, 0) is 11.3 Å². The molecule has 7 heteroatoms. The van der Waals surface area contributed by atoms with Gasteiger partial charge in [0.05, 0.1) is 22.9 Å². The molecule has 1 saturated carbocycles. The van der Waals surface area contributed by atoms with Gasteiger partial charge in [-0.2, -0.15) is 5.10 Å². The van der Waals surface area contributed by atoms with Gasteiger partial charge in [-0.05, 0) is 83.6 Å². The van der Waals surface area contributed by atoms with E-state index in [0.717, 1.165) is 29.7 Å². The van der Waals surface area contributed by atoms with Crippen molar-refractivity contribution in [1.82, 2.24) is 14.8 Å². The van der Waals surface area contributed by atoms with Crippen LogP contribution in [0, 0.1) is 5.92 Å². The molecule has 0 saturated heterocycles. The number of pyridine rings is 1. The lowest BCUT2D eigenvalue weighted by Crippen LogP contribution is -2.22. The average molecular weight is 453 g/mol. The summed E-state index contributed by atoms with van der Waals surface area (Å²) in [6.07, 6.45) is 6.61. The van der Waals surface area contributed by atoms with Crippen LogP contribution >= 0.6 is 0 Å². The fourth-order valence-corrected chi connectivity index (χ4v) is 4.47. The number of carbonyl (C=O) groups excluding carboxylic acids is 1. The minimum Gasteiger partial charge on any atom is -0.386 e. The zero-order valence-corrected chi connectivity index (χ0v) is 20.0. The number of nitrogens with one attached hydrogen (secondary N) is 1. The number of aliphatic hydroxyl groups is 1. The number of hydrogen-bond donors (Lipinski definition) is 2. The van der Waals surface area contributed by atoms with E-state index in [-0.39, 0.29) is 11.4 Å². The molecular weight excluding hydrogens is 419 g/mol. The number of anilines is 1. The highest BCUT2D eigenvalue weighted by Crippen LogP contribution is 2.35. The predicted octanol–water partition coefficient (Wildman–Crippen LogP) is 5.87. The van der Waals surface area contributed by atoms with E-state index in [1.807, 2.05) is 23.0 Å². The number of carbonyl (C=O) groups is 1. The number of nitrogens with zero attached hydrogens (tertiary/aromatic N) is 3. The lowest BCUT2D eigenvalue weighted by atomic mass is 9.87. The molecule has 1 amide bonds. The third-order valence-electron chi connectivity index (χ3n) is 6.52. The minimum absolute atomic E-state index is 0.118. The monoisotopic (exact) mass is 452 g/mol. The second-order valence-corrected chi connectivity index (χ2v) is 10.4. The second kappa shape index (κ2) is 8.52. The summed E-state index contributed by atoms with van der Waals surface area (Å²) in [5, 5.41) is 19.4. The molecule has 0 bridgehead atoms. The maximum atomic E-state index is 14.3. The molecule has 3 aromatic rings. The highest BCUT2D eigenvalue weighted by atomic mass is 19.1. The van der Waals surface area contributed by atoms with Crippen LogP contribution in [0.3, 0.4) is 0 Å². The van der Waals surface area contributed by atoms with Crippen molar-refractivity contribution >= 4 is 22.5 Å². The lowest BCUT2D eigenvalue weighted by molar-refractivity contribution is 0.0793. The van der Waals surface area contributed by atoms with E-state index < -0.39 is 17.2 Å². The van der Waals surface area contributed by atoms with Crippen LogP contribution in [0.25, 0.3) is 10.9 Å². The van der Waals surface area contributed by atoms with Gasteiger partial charge in [-0.15, -0.1) is 0 Å². The fourth-order valence-electron chi connectivity index (χ4n) is 4.47. The van der Waals surface area contributed by atoms with E-state index in [1.54, 1.807) is 32.0 Å². The molecule has 0 atom stereocenters. The Morgan fingerprint density at radius 3 is 2.48 bits per heavy atom. The van der Waals surface area contributed by atoms with Crippen LogP contribution in [0.5, 0.6) is 0 Å². The van der Waals surface area contributed by atoms with Gasteiger partial charge in [0.15, 0.2) is 0 Å². The van der Waals surface area contributed by atoms with Gasteiger partial charge in [-0.1, -0.05) is 13.0 Å². The molecule has 0 radical (unpaired) electrons. The lowest BCUT2D eigenvalue weighted by Gasteiger charge is -2.26. The van der Waals surface area contributed by atoms with Crippen LogP contribution in [-0.4, -0.2) is 25.8 Å². The van der Waals surface area contributed by atoms with Crippen LogP contribution in [0.15, 0.2) is 36.5 Å². The number of halogens is 1. The molecule has 2 aromatic heterocycles. The SMILES string of the molecule is CC(C)(O)c1cc2nn([C@H]3CC[C@H](C)CC3)cc2cc1NC(=O)c1cccc(C(C)(C)F)n1. The molecule has 4 rings (SSSR count). The van der Waals surface area contributed by atoms with Crippen LogP contribution in [0.1, 0.15) is 88.1 Å². The maximum absolute atomic E-state index is 14.3. The number of alkyl halides is 1. The zero-order valence-electron chi connectivity index (χ0n) is 20.0. The predicted molar refractivity (Wildman–Crippen MR) is 128 cm³/mol. The van der Waals surface area contributed by atoms with E-state index in [0.29, 0.717) is 17.3 Å². The van der Waals surface area contributed by atoms with Gasteiger partial charge in [0.25, 0.3) is 5.91 Å². The summed E-state index contributed by atoms with van der Waals surface area (Å²) >= 11 is 0. The normalized spacial score (nSPS) is 19.6. The third kappa shape index (κ3) is 5.08. The quantitative estimate of drug-likeness (QED) is 0.508. The Morgan fingerprint density at radius 1 is 1.15 bits per heavy atom. The first-order valence-corrected chi connectivity index (χ1v) is 11.7. The Kier molecular flexibility index (Phi) is 6.03. The third-order valence-corrected chi connectivity index (χ3v) is 6.52. The van der Waals surface area contributed by atoms with Gasteiger partial charge >= 0.3 is 0 Å². The molecule has 1 aliphatic rings. The molecule has 33 heavy (non-hydrogen) atoms. The van der Waals surface area contributed by atoms with Crippen LogP contribution < -0.4 is 5.32 Å².